The number of methoxy groups -OCH3 is 1. The lowest BCUT2D eigenvalue weighted by molar-refractivity contribution is 0.411. The first kappa shape index (κ1) is 12.9. The topological polar surface area (TPSA) is 52.8 Å². The van der Waals surface area contributed by atoms with Crippen LogP contribution < -0.4 is 4.74 Å². The fraction of sp³-hybridized carbons (Fsp3) is 0.214. The highest BCUT2D eigenvalue weighted by Gasteiger charge is 2.09. The first-order valence-corrected chi connectivity index (χ1v) is 6.51. The second-order valence-electron chi connectivity index (χ2n) is 4.51. The Morgan fingerprint density at radius 2 is 2.10 bits per heavy atom. The molecule has 0 fully saturated rings. The Morgan fingerprint density at radius 3 is 2.85 bits per heavy atom. The largest absolute Gasteiger partial charge is 0.496 e. The quantitative estimate of drug-likeness (QED) is 0.696. The van der Waals surface area contributed by atoms with Crippen molar-refractivity contribution in [1.82, 2.24) is 19.5 Å². The minimum Gasteiger partial charge on any atom is -0.496 e. The first-order chi connectivity index (χ1) is 9.69. The zero-order valence-electron chi connectivity index (χ0n) is 11.2. The average Bonchev–Trinajstić information content (AvgIpc) is 2.84. The van der Waals surface area contributed by atoms with Gasteiger partial charge >= 0.3 is 0 Å². The summed E-state index contributed by atoms with van der Waals surface area (Å²) in [4.78, 5) is 12.3. The van der Waals surface area contributed by atoms with Crippen molar-refractivity contribution < 1.29 is 4.74 Å². The molecule has 6 heteroatoms. The Labute approximate surface area is 121 Å². The minimum absolute atomic E-state index is 0.415. The molecule has 0 aliphatic carbocycles. The summed E-state index contributed by atoms with van der Waals surface area (Å²) in [5.41, 5.74) is 3.59. The monoisotopic (exact) mass is 288 g/mol. The summed E-state index contributed by atoms with van der Waals surface area (Å²) in [6.45, 7) is 2.68. The van der Waals surface area contributed by atoms with Crippen molar-refractivity contribution in [3.63, 3.8) is 0 Å². The van der Waals surface area contributed by atoms with Crippen molar-refractivity contribution in [3.8, 4) is 5.75 Å². The number of ether oxygens (including phenoxy) is 1. The smallest absolute Gasteiger partial charge is 0.182 e. The maximum absolute atomic E-state index is 6.12. The fourth-order valence-corrected chi connectivity index (χ4v) is 2.46. The molecule has 102 valence electrons. The molecular formula is C14H13ClN4O. The Bertz CT molecular complexity index is 769. The minimum atomic E-state index is 0.415. The molecule has 5 nitrogen and oxygen atoms in total. The third-order valence-corrected chi connectivity index (χ3v) is 3.45. The van der Waals surface area contributed by atoms with Gasteiger partial charge in [0.25, 0.3) is 0 Å². The Hall–Kier alpha value is -2.14. The van der Waals surface area contributed by atoms with E-state index >= 15 is 0 Å². The molecule has 20 heavy (non-hydrogen) atoms. The molecule has 0 spiro atoms. The molecule has 0 radical (unpaired) electrons. The predicted molar refractivity (Wildman–Crippen MR) is 77.2 cm³/mol. The van der Waals surface area contributed by atoms with E-state index in [2.05, 4.69) is 21.0 Å². The average molecular weight is 289 g/mol. The van der Waals surface area contributed by atoms with Crippen LogP contribution in [-0.4, -0.2) is 26.6 Å². The van der Waals surface area contributed by atoms with Crippen LogP contribution in [0.15, 0.2) is 30.9 Å². The molecule has 0 saturated heterocycles. The molecule has 0 amide bonds. The molecule has 0 unspecified atom stereocenters. The Kier molecular flexibility index (Phi) is 3.28. The first-order valence-electron chi connectivity index (χ1n) is 6.14. The number of rotatable bonds is 3. The van der Waals surface area contributed by atoms with Gasteiger partial charge in [-0.1, -0.05) is 23.7 Å². The van der Waals surface area contributed by atoms with Crippen LogP contribution in [0.5, 0.6) is 5.75 Å². The lowest BCUT2D eigenvalue weighted by Crippen LogP contribution is -2.00. The second kappa shape index (κ2) is 5.09. The third-order valence-electron chi connectivity index (χ3n) is 3.18. The highest BCUT2D eigenvalue weighted by molar-refractivity contribution is 6.33. The summed E-state index contributed by atoms with van der Waals surface area (Å²) in [7, 11) is 1.67. The Balaban J connectivity index is 1.99. The maximum Gasteiger partial charge on any atom is 0.182 e. The van der Waals surface area contributed by atoms with E-state index in [-0.39, 0.29) is 0 Å². The van der Waals surface area contributed by atoms with E-state index in [1.54, 1.807) is 13.4 Å². The number of hydrogen-bond donors (Lipinski definition) is 0. The number of benzene rings is 1. The lowest BCUT2D eigenvalue weighted by atomic mass is 10.1. The summed E-state index contributed by atoms with van der Waals surface area (Å²) in [6, 6.07) is 6.07. The summed E-state index contributed by atoms with van der Waals surface area (Å²) < 4.78 is 7.21. The lowest BCUT2D eigenvalue weighted by Gasteiger charge is -2.09. The molecule has 3 rings (SSSR count). The number of hydrogen-bond acceptors (Lipinski definition) is 4. The number of aryl methyl sites for hydroxylation is 1. The second-order valence-corrected chi connectivity index (χ2v) is 4.87. The number of halogens is 1. The summed E-state index contributed by atoms with van der Waals surface area (Å²) in [5.74, 6) is 0.880. The van der Waals surface area contributed by atoms with Crippen LogP contribution in [0.25, 0.3) is 11.2 Å². The van der Waals surface area contributed by atoms with E-state index in [0.29, 0.717) is 17.3 Å². The molecule has 0 bridgehead atoms. The van der Waals surface area contributed by atoms with E-state index in [1.165, 1.54) is 6.33 Å². The fourth-order valence-electron chi connectivity index (χ4n) is 2.23. The van der Waals surface area contributed by atoms with Gasteiger partial charge in [0.1, 0.15) is 17.6 Å². The van der Waals surface area contributed by atoms with Crippen molar-refractivity contribution in [2.75, 3.05) is 7.11 Å². The van der Waals surface area contributed by atoms with Gasteiger partial charge in [0.15, 0.2) is 10.8 Å². The third kappa shape index (κ3) is 2.20. The molecule has 3 aromatic rings. The summed E-state index contributed by atoms with van der Waals surface area (Å²) in [6.07, 6.45) is 3.14. The van der Waals surface area contributed by atoms with E-state index < -0.39 is 0 Å². The highest BCUT2D eigenvalue weighted by atomic mass is 35.5. The SMILES string of the molecule is COc1ccc(Cn2cnc3ncnc(Cl)c32)cc1C. The van der Waals surface area contributed by atoms with Gasteiger partial charge < -0.3 is 9.30 Å². The van der Waals surface area contributed by atoms with Crippen LogP contribution in [0.2, 0.25) is 5.15 Å². The van der Waals surface area contributed by atoms with Gasteiger partial charge in [-0.05, 0) is 24.1 Å². The molecule has 0 saturated carbocycles. The van der Waals surface area contributed by atoms with Crippen molar-refractivity contribution in [2.24, 2.45) is 0 Å². The molecule has 0 aliphatic heterocycles. The maximum atomic E-state index is 6.12. The van der Waals surface area contributed by atoms with Gasteiger partial charge in [0, 0.05) is 6.54 Å². The molecule has 0 N–H and O–H groups in total. The van der Waals surface area contributed by atoms with Crippen LogP contribution in [0.1, 0.15) is 11.1 Å². The number of aromatic nitrogens is 4. The van der Waals surface area contributed by atoms with Crippen molar-refractivity contribution in [2.45, 2.75) is 13.5 Å². The van der Waals surface area contributed by atoms with Gasteiger partial charge in [-0.3, -0.25) is 0 Å². The van der Waals surface area contributed by atoms with E-state index in [9.17, 15) is 0 Å². The molecule has 0 aliphatic rings. The zero-order chi connectivity index (χ0) is 14.1. The molecule has 1 aromatic carbocycles. The van der Waals surface area contributed by atoms with Crippen molar-refractivity contribution in [1.29, 1.82) is 0 Å². The van der Waals surface area contributed by atoms with E-state index in [4.69, 9.17) is 16.3 Å². The van der Waals surface area contributed by atoms with Gasteiger partial charge in [0.05, 0.1) is 13.4 Å². The number of imidazole rings is 1. The summed E-state index contributed by atoms with van der Waals surface area (Å²) in [5, 5.41) is 0.415. The number of nitrogens with zero attached hydrogens (tertiary/aromatic N) is 4. The zero-order valence-corrected chi connectivity index (χ0v) is 11.9. The van der Waals surface area contributed by atoms with Crippen LogP contribution in [0.3, 0.4) is 0 Å². The van der Waals surface area contributed by atoms with E-state index in [0.717, 1.165) is 22.4 Å². The van der Waals surface area contributed by atoms with E-state index in [1.807, 2.05) is 23.6 Å². The highest BCUT2D eigenvalue weighted by Crippen LogP contribution is 2.22. The molecular weight excluding hydrogens is 276 g/mol. The predicted octanol–water partition coefficient (Wildman–Crippen LogP) is 2.85. The molecule has 2 aromatic heterocycles. The summed E-state index contributed by atoms with van der Waals surface area (Å²) >= 11 is 6.12. The normalized spacial score (nSPS) is 10.9. The molecule has 0 atom stereocenters. The van der Waals surface area contributed by atoms with Gasteiger partial charge in [-0.2, -0.15) is 0 Å². The number of fused-ring (bicyclic) bond motifs is 1. The standard InChI is InChI=1S/C14H13ClN4O/c1-9-5-10(3-4-11(9)20-2)6-19-8-18-14-12(19)13(15)16-7-17-14/h3-5,7-8H,6H2,1-2H3. The molecule has 2 heterocycles. The van der Waals surface area contributed by atoms with Gasteiger partial charge in [0.2, 0.25) is 0 Å². The van der Waals surface area contributed by atoms with Gasteiger partial charge in [-0.15, -0.1) is 0 Å². The van der Waals surface area contributed by atoms with Crippen LogP contribution in [0.4, 0.5) is 0 Å². The van der Waals surface area contributed by atoms with Crippen LogP contribution in [-0.2, 0) is 6.54 Å². The van der Waals surface area contributed by atoms with Crippen molar-refractivity contribution >= 4 is 22.8 Å². The van der Waals surface area contributed by atoms with Gasteiger partial charge in [-0.25, -0.2) is 15.0 Å². The Morgan fingerprint density at radius 1 is 1.25 bits per heavy atom. The van der Waals surface area contributed by atoms with Crippen LogP contribution in [0, 0.1) is 6.92 Å². The van der Waals surface area contributed by atoms with Crippen molar-refractivity contribution in [3.05, 3.63) is 47.1 Å². The van der Waals surface area contributed by atoms with Crippen LogP contribution >= 0.6 is 11.6 Å².